The Morgan fingerprint density at radius 2 is 1.54 bits per heavy atom. The molecule has 0 N–H and O–H groups in total. The van der Waals surface area contributed by atoms with E-state index in [1.807, 2.05) is 13.0 Å². The molecule has 1 fully saturated rings. The van der Waals surface area contributed by atoms with Gasteiger partial charge in [0, 0.05) is 38.2 Å². The molecule has 0 radical (unpaired) electrons. The summed E-state index contributed by atoms with van der Waals surface area (Å²) in [5.41, 5.74) is 0.454. The molecule has 2 amide bonds. The number of piperazine rings is 1. The number of aryl methyl sites for hydroxylation is 1. The summed E-state index contributed by atoms with van der Waals surface area (Å²) >= 11 is 0. The normalized spacial score (nSPS) is 14.8. The third kappa shape index (κ3) is 3.32. The van der Waals surface area contributed by atoms with Gasteiger partial charge in [-0.3, -0.25) is 9.59 Å². The molecular weight excluding hydrogens is 311 g/mol. The zero-order valence-corrected chi connectivity index (χ0v) is 13.5. The van der Waals surface area contributed by atoms with E-state index < -0.39 is 0 Å². The van der Waals surface area contributed by atoms with Crippen LogP contribution in [0.5, 0.6) is 0 Å². The van der Waals surface area contributed by atoms with Crippen molar-refractivity contribution < 1.29 is 18.4 Å². The van der Waals surface area contributed by atoms with E-state index in [0.717, 1.165) is 12.2 Å². The topological polar surface area (TPSA) is 53.8 Å². The number of nitrogens with zero attached hydrogens (tertiary/aromatic N) is 2. The molecule has 3 rings (SSSR count). The Hall–Kier alpha value is -2.63. The Labute approximate surface area is 139 Å². The van der Waals surface area contributed by atoms with Crippen LogP contribution in [-0.4, -0.2) is 47.8 Å². The maximum absolute atomic E-state index is 12.9. The maximum Gasteiger partial charge on any atom is 0.289 e. The fourth-order valence-electron chi connectivity index (χ4n) is 2.73. The first kappa shape index (κ1) is 16.2. The van der Waals surface area contributed by atoms with Crippen LogP contribution < -0.4 is 0 Å². The Balaban J connectivity index is 1.60. The van der Waals surface area contributed by atoms with Gasteiger partial charge in [0.1, 0.15) is 11.6 Å². The highest BCUT2D eigenvalue weighted by Gasteiger charge is 2.26. The Morgan fingerprint density at radius 3 is 2.08 bits per heavy atom. The number of halogens is 1. The summed E-state index contributed by atoms with van der Waals surface area (Å²) in [5, 5.41) is 0. The van der Waals surface area contributed by atoms with Gasteiger partial charge in [0.15, 0.2) is 5.76 Å². The molecule has 2 aromatic rings. The molecule has 1 aliphatic rings. The van der Waals surface area contributed by atoms with E-state index >= 15 is 0 Å². The van der Waals surface area contributed by atoms with Crippen molar-refractivity contribution in [2.45, 2.75) is 13.3 Å². The van der Waals surface area contributed by atoms with Crippen molar-refractivity contribution in [3.8, 4) is 0 Å². The van der Waals surface area contributed by atoms with Gasteiger partial charge in [-0.1, -0.05) is 6.92 Å². The van der Waals surface area contributed by atoms with Crippen molar-refractivity contribution in [1.82, 2.24) is 9.80 Å². The molecule has 0 spiro atoms. The van der Waals surface area contributed by atoms with Crippen LogP contribution >= 0.6 is 0 Å². The molecule has 0 aliphatic carbocycles. The van der Waals surface area contributed by atoms with Crippen molar-refractivity contribution >= 4 is 11.8 Å². The van der Waals surface area contributed by atoms with Crippen LogP contribution in [0, 0.1) is 5.82 Å². The number of furan rings is 1. The SMILES string of the molecule is CCc1ccc(C(=O)N2CCN(C(=O)c3ccc(F)cc3)CC2)o1. The van der Waals surface area contributed by atoms with E-state index in [-0.39, 0.29) is 17.6 Å². The second-order valence-corrected chi connectivity index (χ2v) is 5.71. The Morgan fingerprint density at radius 1 is 0.958 bits per heavy atom. The highest BCUT2D eigenvalue weighted by Crippen LogP contribution is 2.14. The molecule has 5 nitrogen and oxygen atoms in total. The van der Waals surface area contributed by atoms with Gasteiger partial charge in [-0.25, -0.2) is 4.39 Å². The smallest absolute Gasteiger partial charge is 0.289 e. The van der Waals surface area contributed by atoms with Gasteiger partial charge >= 0.3 is 0 Å². The summed E-state index contributed by atoms with van der Waals surface area (Å²) in [4.78, 5) is 28.1. The Bertz CT molecular complexity index is 731. The quantitative estimate of drug-likeness (QED) is 0.869. The van der Waals surface area contributed by atoms with Gasteiger partial charge in [-0.05, 0) is 36.4 Å². The lowest BCUT2D eigenvalue weighted by Gasteiger charge is -2.34. The molecular formula is C18H19FN2O3. The maximum atomic E-state index is 12.9. The van der Waals surface area contributed by atoms with E-state index in [1.165, 1.54) is 24.3 Å². The van der Waals surface area contributed by atoms with E-state index in [4.69, 9.17) is 4.42 Å². The number of rotatable bonds is 3. The van der Waals surface area contributed by atoms with Crippen LogP contribution in [0.2, 0.25) is 0 Å². The highest BCUT2D eigenvalue weighted by molar-refractivity contribution is 5.95. The minimum Gasteiger partial charge on any atom is -0.456 e. The molecule has 0 bridgehead atoms. The lowest BCUT2D eigenvalue weighted by Crippen LogP contribution is -2.50. The minimum atomic E-state index is -0.369. The molecule has 0 atom stereocenters. The average molecular weight is 330 g/mol. The monoisotopic (exact) mass is 330 g/mol. The molecule has 126 valence electrons. The van der Waals surface area contributed by atoms with Gasteiger partial charge in [0.25, 0.3) is 11.8 Å². The first-order valence-electron chi connectivity index (χ1n) is 8.01. The van der Waals surface area contributed by atoms with Gasteiger partial charge in [0.2, 0.25) is 0 Å². The van der Waals surface area contributed by atoms with Crippen LogP contribution in [-0.2, 0) is 6.42 Å². The fourth-order valence-corrected chi connectivity index (χ4v) is 2.73. The van der Waals surface area contributed by atoms with E-state index in [0.29, 0.717) is 37.5 Å². The largest absolute Gasteiger partial charge is 0.456 e. The van der Waals surface area contributed by atoms with E-state index in [9.17, 15) is 14.0 Å². The second kappa shape index (κ2) is 6.86. The summed E-state index contributed by atoms with van der Waals surface area (Å²) in [6, 6.07) is 9.00. The molecule has 1 saturated heterocycles. The van der Waals surface area contributed by atoms with Crippen molar-refractivity contribution in [3.05, 3.63) is 59.3 Å². The van der Waals surface area contributed by atoms with Crippen molar-refractivity contribution in [2.24, 2.45) is 0 Å². The third-order valence-electron chi connectivity index (χ3n) is 4.17. The average Bonchev–Trinajstić information content (AvgIpc) is 3.10. The number of hydrogen-bond acceptors (Lipinski definition) is 3. The molecule has 0 unspecified atom stereocenters. The third-order valence-corrected chi connectivity index (χ3v) is 4.17. The number of carbonyl (C=O) groups excluding carboxylic acids is 2. The van der Waals surface area contributed by atoms with Gasteiger partial charge in [0.05, 0.1) is 0 Å². The zero-order chi connectivity index (χ0) is 17.1. The number of hydrogen-bond donors (Lipinski definition) is 0. The standard InChI is InChI=1S/C18H19FN2O3/c1-2-15-7-8-16(24-15)18(23)21-11-9-20(10-12-21)17(22)13-3-5-14(19)6-4-13/h3-8H,2,9-12H2,1H3. The van der Waals surface area contributed by atoms with Crippen LogP contribution in [0.15, 0.2) is 40.8 Å². The molecule has 1 aromatic heterocycles. The predicted molar refractivity (Wildman–Crippen MR) is 86.3 cm³/mol. The Kier molecular flexibility index (Phi) is 4.64. The van der Waals surface area contributed by atoms with Crippen LogP contribution in [0.1, 0.15) is 33.6 Å². The van der Waals surface area contributed by atoms with Crippen LogP contribution in [0.3, 0.4) is 0 Å². The summed E-state index contributed by atoms with van der Waals surface area (Å²) in [6.07, 6.45) is 0.743. The predicted octanol–water partition coefficient (Wildman–Crippen LogP) is 2.58. The minimum absolute atomic E-state index is 0.145. The fraction of sp³-hybridized carbons (Fsp3) is 0.333. The summed E-state index contributed by atoms with van der Waals surface area (Å²) < 4.78 is 18.4. The molecule has 1 aliphatic heterocycles. The molecule has 24 heavy (non-hydrogen) atoms. The van der Waals surface area contributed by atoms with Crippen LogP contribution in [0.25, 0.3) is 0 Å². The van der Waals surface area contributed by atoms with Crippen molar-refractivity contribution in [3.63, 3.8) is 0 Å². The van der Waals surface area contributed by atoms with E-state index in [2.05, 4.69) is 0 Å². The lowest BCUT2D eigenvalue weighted by molar-refractivity contribution is 0.0517. The van der Waals surface area contributed by atoms with E-state index in [1.54, 1.807) is 15.9 Å². The van der Waals surface area contributed by atoms with Gasteiger partial charge in [-0.2, -0.15) is 0 Å². The van der Waals surface area contributed by atoms with Gasteiger partial charge < -0.3 is 14.2 Å². The summed E-state index contributed by atoms with van der Waals surface area (Å²) in [6.45, 7) is 3.77. The number of benzene rings is 1. The number of carbonyl (C=O) groups is 2. The van der Waals surface area contributed by atoms with Gasteiger partial charge in [-0.15, -0.1) is 0 Å². The van der Waals surface area contributed by atoms with Crippen molar-refractivity contribution in [2.75, 3.05) is 26.2 Å². The zero-order valence-electron chi connectivity index (χ0n) is 13.5. The molecule has 1 aromatic carbocycles. The van der Waals surface area contributed by atoms with Crippen molar-refractivity contribution in [1.29, 1.82) is 0 Å². The summed E-state index contributed by atoms with van der Waals surface area (Å²) in [5.74, 6) is 0.456. The number of amides is 2. The highest BCUT2D eigenvalue weighted by atomic mass is 19.1. The molecule has 6 heteroatoms. The first-order chi connectivity index (χ1) is 11.6. The van der Waals surface area contributed by atoms with Crippen LogP contribution in [0.4, 0.5) is 4.39 Å². The second-order valence-electron chi connectivity index (χ2n) is 5.71. The lowest BCUT2D eigenvalue weighted by atomic mass is 10.1. The molecule has 2 heterocycles. The summed E-state index contributed by atoms with van der Waals surface area (Å²) in [7, 11) is 0. The molecule has 0 saturated carbocycles. The first-order valence-corrected chi connectivity index (χ1v) is 8.01.